The Bertz CT molecular complexity index is 615. The first kappa shape index (κ1) is 14.1. The van der Waals surface area contributed by atoms with Crippen LogP contribution in [0.5, 0.6) is 0 Å². The second-order valence-corrected chi connectivity index (χ2v) is 4.95. The molecule has 20 heavy (non-hydrogen) atoms. The number of hydrogen-bond donors (Lipinski definition) is 1. The van der Waals surface area contributed by atoms with Crippen molar-refractivity contribution in [3.05, 3.63) is 58.9 Å². The summed E-state index contributed by atoms with van der Waals surface area (Å²) >= 11 is 0. The summed E-state index contributed by atoms with van der Waals surface area (Å²) in [7, 11) is 1.85. The molecular weight excluding hydrogens is 252 g/mol. The van der Waals surface area contributed by atoms with Crippen LogP contribution in [0.15, 0.2) is 47.8 Å². The van der Waals surface area contributed by atoms with E-state index >= 15 is 0 Å². The molecule has 104 valence electrons. The summed E-state index contributed by atoms with van der Waals surface area (Å²) in [6.45, 7) is 4.07. The zero-order valence-electron chi connectivity index (χ0n) is 11.9. The number of nitrogens with zero attached hydrogens (tertiary/aromatic N) is 1. The molecule has 0 aliphatic carbocycles. The van der Waals surface area contributed by atoms with Crippen molar-refractivity contribution < 1.29 is 9.59 Å². The van der Waals surface area contributed by atoms with Crippen molar-refractivity contribution in [2.24, 2.45) is 0 Å². The Kier molecular flexibility index (Phi) is 4.03. The number of ketones is 1. The van der Waals surface area contributed by atoms with Gasteiger partial charge in [-0.2, -0.15) is 0 Å². The van der Waals surface area contributed by atoms with Crippen LogP contribution >= 0.6 is 0 Å². The Morgan fingerprint density at radius 1 is 1.30 bits per heavy atom. The van der Waals surface area contributed by atoms with Gasteiger partial charge >= 0.3 is 0 Å². The fourth-order valence-electron chi connectivity index (χ4n) is 2.10. The van der Waals surface area contributed by atoms with Gasteiger partial charge in [-0.3, -0.25) is 9.59 Å². The second-order valence-electron chi connectivity index (χ2n) is 4.95. The van der Waals surface area contributed by atoms with Crippen LogP contribution in [0.1, 0.15) is 22.8 Å². The first-order valence-corrected chi connectivity index (χ1v) is 6.49. The molecule has 1 aliphatic rings. The standard InChI is InChI=1S/C16H18N2O2/c1-11-5-4-6-13(9-11)16(20)17-14-7-8-18(3)15(10-14)12(2)19/h4-7,9-10H,8H2,1-3H3,(H,17,20). The molecule has 0 saturated carbocycles. The maximum Gasteiger partial charge on any atom is 0.255 e. The van der Waals surface area contributed by atoms with Crippen LogP contribution in [-0.4, -0.2) is 30.2 Å². The normalized spacial score (nSPS) is 14.4. The summed E-state index contributed by atoms with van der Waals surface area (Å²) in [5.41, 5.74) is 2.92. The molecule has 4 heteroatoms. The maximum atomic E-state index is 12.1. The molecule has 2 rings (SSSR count). The molecule has 1 aromatic carbocycles. The minimum Gasteiger partial charge on any atom is -0.368 e. The van der Waals surface area contributed by atoms with E-state index in [1.807, 2.05) is 43.1 Å². The van der Waals surface area contributed by atoms with Gasteiger partial charge in [0, 0.05) is 31.8 Å². The molecular formula is C16H18N2O2. The summed E-state index contributed by atoms with van der Waals surface area (Å²) in [4.78, 5) is 25.5. The molecule has 0 atom stereocenters. The Labute approximate surface area is 118 Å². The van der Waals surface area contributed by atoms with Crippen LogP contribution < -0.4 is 5.32 Å². The highest BCUT2D eigenvalue weighted by Gasteiger charge is 2.16. The molecule has 0 unspecified atom stereocenters. The summed E-state index contributed by atoms with van der Waals surface area (Å²) in [6, 6.07) is 7.40. The zero-order valence-corrected chi connectivity index (χ0v) is 11.9. The predicted molar refractivity (Wildman–Crippen MR) is 78.1 cm³/mol. The van der Waals surface area contributed by atoms with Crippen LogP contribution in [0, 0.1) is 6.92 Å². The molecule has 1 aliphatic heterocycles. The van der Waals surface area contributed by atoms with Crippen molar-refractivity contribution in [1.82, 2.24) is 10.2 Å². The number of aryl methyl sites for hydroxylation is 1. The van der Waals surface area contributed by atoms with Crippen molar-refractivity contribution in [2.45, 2.75) is 13.8 Å². The van der Waals surface area contributed by atoms with Gasteiger partial charge in [-0.15, -0.1) is 0 Å². The van der Waals surface area contributed by atoms with E-state index in [1.165, 1.54) is 6.92 Å². The zero-order chi connectivity index (χ0) is 14.7. The van der Waals surface area contributed by atoms with Crippen LogP contribution in [0.2, 0.25) is 0 Å². The van der Waals surface area contributed by atoms with E-state index in [2.05, 4.69) is 5.32 Å². The largest absolute Gasteiger partial charge is 0.368 e. The van der Waals surface area contributed by atoms with Crippen molar-refractivity contribution in [1.29, 1.82) is 0 Å². The molecule has 0 spiro atoms. The molecule has 4 nitrogen and oxygen atoms in total. The lowest BCUT2D eigenvalue weighted by molar-refractivity contribution is -0.114. The number of amides is 1. The first-order chi connectivity index (χ1) is 9.47. The summed E-state index contributed by atoms with van der Waals surface area (Å²) in [5, 5.41) is 2.83. The highest BCUT2D eigenvalue weighted by Crippen LogP contribution is 2.13. The van der Waals surface area contributed by atoms with E-state index in [1.54, 1.807) is 12.1 Å². The van der Waals surface area contributed by atoms with E-state index in [0.717, 1.165) is 5.56 Å². The van der Waals surface area contributed by atoms with Crippen molar-refractivity contribution in [2.75, 3.05) is 13.6 Å². The average molecular weight is 270 g/mol. The summed E-state index contributed by atoms with van der Waals surface area (Å²) in [6.07, 6.45) is 3.60. The molecule has 0 radical (unpaired) electrons. The number of likely N-dealkylation sites (N-methyl/N-ethyl adjacent to an activating group) is 1. The van der Waals surface area contributed by atoms with Gasteiger partial charge in [0.05, 0.1) is 5.70 Å². The number of benzene rings is 1. The van der Waals surface area contributed by atoms with Crippen molar-refractivity contribution >= 4 is 11.7 Å². The van der Waals surface area contributed by atoms with Crippen LogP contribution in [0.4, 0.5) is 0 Å². The lowest BCUT2D eigenvalue weighted by atomic mass is 10.1. The average Bonchev–Trinajstić information content (AvgIpc) is 2.40. The van der Waals surface area contributed by atoms with Gasteiger partial charge < -0.3 is 10.2 Å². The fourth-order valence-corrected chi connectivity index (χ4v) is 2.10. The van der Waals surface area contributed by atoms with Crippen molar-refractivity contribution in [3.63, 3.8) is 0 Å². The Morgan fingerprint density at radius 3 is 2.70 bits per heavy atom. The van der Waals surface area contributed by atoms with Gasteiger partial charge in [0.1, 0.15) is 0 Å². The van der Waals surface area contributed by atoms with E-state index < -0.39 is 0 Å². The van der Waals surface area contributed by atoms with Gasteiger partial charge in [-0.05, 0) is 31.2 Å². The molecule has 0 saturated heterocycles. The third-order valence-electron chi connectivity index (χ3n) is 3.19. The minimum atomic E-state index is -0.163. The topological polar surface area (TPSA) is 49.4 Å². The molecule has 0 bridgehead atoms. The molecule has 1 aromatic rings. The minimum absolute atomic E-state index is 0.0112. The Balaban J connectivity index is 2.15. The number of nitrogens with one attached hydrogen (secondary N) is 1. The highest BCUT2D eigenvalue weighted by molar-refractivity contribution is 5.97. The van der Waals surface area contributed by atoms with Crippen LogP contribution in [0.25, 0.3) is 0 Å². The Morgan fingerprint density at radius 2 is 2.05 bits per heavy atom. The molecule has 0 aromatic heterocycles. The van der Waals surface area contributed by atoms with E-state index in [9.17, 15) is 9.59 Å². The van der Waals surface area contributed by atoms with Gasteiger partial charge in [0.15, 0.2) is 5.78 Å². The quantitative estimate of drug-likeness (QED) is 0.914. The van der Waals surface area contributed by atoms with Gasteiger partial charge in [-0.25, -0.2) is 0 Å². The van der Waals surface area contributed by atoms with Gasteiger partial charge in [0.25, 0.3) is 5.91 Å². The third kappa shape index (κ3) is 3.15. The van der Waals surface area contributed by atoms with E-state index in [4.69, 9.17) is 0 Å². The number of rotatable bonds is 3. The van der Waals surface area contributed by atoms with Crippen LogP contribution in [0.3, 0.4) is 0 Å². The second kappa shape index (κ2) is 5.74. The molecule has 0 fully saturated rings. The highest BCUT2D eigenvalue weighted by atomic mass is 16.1. The number of carbonyl (C=O) groups is 2. The lowest BCUT2D eigenvalue weighted by Gasteiger charge is -2.24. The van der Waals surface area contributed by atoms with Gasteiger partial charge in [-0.1, -0.05) is 17.7 Å². The molecule has 1 N–H and O–H groups in total. The van der Waals surface area contributed by atoms with Crippen LogP contribution in [-0.2, 0) is 4.79 Å². The predicted octanol–water partition coefficient (Wildman–Crippen LogP) is 2.03. The monoisotopic (exact) mass is 270 g/mol. The smallest absolute Gasteiger partial charge is 0.255 e. The molecule has 1 heterocycles. The summed E-state index contributed by atoms with van der Waals surface area (Å²) < 4.78 is 0. The maximum absolute atomic E-state index is 12.1. The number of carbonyl (C=O) groups excluding carboxylic acids is 2. The fraction of sp³-hybridized carbons (Fsp3) is 0.250. The van der Waals surface area contributed by atoms with E-state index in [-0.39, 0.29) is 11.7 Å². The molecule has 1 amide bonds. The van der Waals surface area contributed by atoms with Crippen molar-refractivity contribution in [3.8, 4) is 0 Å². The third-order valence-corrected chi connectivity index (χ3v) is 3.19. The summed E-state index contributed by atoms with van der Waals surface area (Å²) in [5.74, 6) is -0.174. The van der Waals surface area contributed by atoms with E-state index in [0.29, 0.717) is 23.5 Å². The number of Topliss-reactive ketones (excluding diaryl/α,β-unsaturated/α-hetero) is 1. The lowest BCUT2D eigenvalue weighted by Crippen LogP contribution is -2.30. The SMILES string of the molecule is CC(=O)C1=CC(NC(=O)c2cccc(C)c2)=CCN1C. The number of hydrogen-bond acceptors (Lipinski definition) is 3. The number of allylic oxidation sites excluding steroid dienone is 2. The van der Waals surface area contributed by atoms with Gasteiger partial charge in [0.2, 0.25) is 0 Å². The Hall–Kier alpha value is -2.36. The first-order valence-electron chi connectivity index (χ1n) is 6.49.